The molecule has 1 aliphatic heterocycles. The molecular weight excluding hydrogens is 388 g/mol. The molecule has 29 heavy (non-hydrogen) atoms. The van der Waals surface area contributed by atoms with Crippen molar-refractivity contribution in [1.29, 1.82) is 0 Å². The topological polar surface area (TPSA) is 41.6 Å². The Morgan fingerprint density at radius 2 is 1.83 bits per heavy atom. The summed E-state index contributed by atoms with van der Waals surface area (Å²) in [6.07, 6.45) is -4.80. The van der Waals surface area contributed by atoms with E-state index >= 15 is 0 Å². The predicted octanol–water partition coefficient (Wildman–Crippen LogP) is 3.83. The molecule has 0 bridgehead atoms. The summed E-state index contributed by atoms with van der Waals surface area (Å²) in [7, 11) is 0. The molecule has 2 aromatic carbocycles. The molecule has 0 spiro atoms. The fraction of sp³-hybridized carbons (Fsp3) is 0.381. The summed E-state index contributed by atoms with van der Waals surface area (Å²) >= 11 is 0. The molecule has 154 valence electrons. The molecule has 1 N–H and O–H groups in total. The van der Waals surface area contributed by atoms with Gasteiger partial charge in [0.2, 0.25) is 0 Å². The summed E-state index contributed by atoms with van der Waals surface area (Å²) in [5.74, 6) is 0.228. The van der Waals surface area contributed by atoms with Crippen LogP contribution in [0.2, 0.25) is 0 Å². The molecule has 1 saturated heterocycles. The number of hydrogen-bond donors (Lipinski definition) is 1. The third-order valence-electron chi connectivity index (χ3n) is 5.63. The second kappa shape index (κ2) is 7.67. The molecule has 8 heteroatoms. The summed E-state index contributed by atoms with van der Waals surface area (Å²) in [5.41, 5.74) is 0.804. The SMILES string of the molecule is O=C(NCC1C2CN(Cc3ccccc3F)CC12)c1cccc(OC(F)(F)F)c1. The minimum absolute atomic E-state index is 0.124. The number of nitrogens with one attached hydrogen (secondary N) is 1. The van der Waals surface area contributed by atoms with Crippen molar-refractivity contribution in [2.75, 3.05) is 19.6 Å². The van der Waals surface area contributed by atoms with Gasteiger partial charge in [0.25, 0.3) is 5.91 Å². The Kier molecular flexibility index (Phi) is 5.21. The van der Waals surface area contributed by atoms with Crippen molar-refractivity contribution in [3.05, 3.63) is 65.5 Å². The van der Waals surface area contributed by atoms with Gasteiger partial charge >= 0.3 is 6.36 Å². The number of amides is 1. The van der Waals surface area contributed by atoms with Crippen LogP contribution in [-0.4, -0.2) is 36.8 Å². The average Bonchev–Trinajstić information content (AvgIpc) is 3.11. The van der Waals surface area contributed by atoms with Gasteiger partial charge in [-0.1, -0.05) is 24.3 Å². The van der Waals surface area contributed by atoms with Gasteiger partial charge in [-0.05, 0) is 42.0 Å². The van der Waals surface area contributed by atoms with E-state index in [0.717, 1.165) is 25.2 Å². The summed E-state index contributed by atoms with van der Waals surface area (Å²) in [6, 6.07) is 11.8. The van der Waals surface area contributed by atoms with E-state index in [-0.39, 0.29) is 11.4 Å². The third-order valence-corrected chi connectivity index (χ3v) is 5.63. The maximum absolute atomic E-state index is 13.8. The number of fused-ring (bicyclic) bond motifs is 1. The van der Waals surface area contributed by atoms with Crippen LogP contribution in [0, 0.1) is 23.6 Å². The highest BCUT2D eigenvalue weighted by Gasteiger charge is 2.55. The highest BCUT2D eigenvalue weighted by atomic mass is 19.4. The molecule has 2 fully saturated rings. The van der Waals surface area contributed by atoms with Gasteiger partial charge in [0.1, 0.15) is 11.6 Å². The first-order valence-electron chi connectivity index (χ1n) is 9.40. The molecule has 2 aliphatic rings. The first kappa shape index (κ1) is 19.7. The van der Waals surface area contributed by atoms with Crippen LogP contribution in [0.25, 0.3) is 0 Å². The van der Waals surface area contributed by atoms with Crippen LogP contribution in [0.5, 0.6) is 5.75 Å². The first-order chi connectivity index (χ1) is 13.8. The highest BCUT2D eigenvalue weighted by Crippen LogP contribution is 2.51. The van der Waals surface area contributed by atoms with Gasteiger partial charge in [-0.3, -0.25) is 9.69 Å². The second-order valence-corrected chi connectivity index (χ2v) is 7.56. The molecule has 2 atom stereocenters. The lowest BCUT2D eigenvalue weighted by molar-refractivity contribution is -0.274. The van der Waals surface area contributed by atoms with Crippen LogP contribution in [-0.2, 0) is 6.54 Å². The molecule has 0 radical (unpaired) electrons. The summed E-state index contributed by atoms with van der Waals surface area (Å²) < 4.78 is 54.6. The van der Waals surface area contributed by atoms with Crippen LogP contribution in [0.4, 0.5) is 17.6 Å². The lowest BCUT2D eigenvalue weighted by atomic mass is 10.1. The molecule has 4 rings (SSSR count). The van der Waals surface area contributed by atoms with E-state index in [9.17, 15) is 22.4 Å². The summed E-state index contributed by atoms with van der Waals surface area (Å²) in [4.78, 5) is 14.5. The zero-order valence-corrected chi connectivity index (χ0v) is 15.5. The Labute approximate surface area is 165 Å². The minimum atomic E-state index is -4.80. The van der Waals surface area contributed by atoms with Crippen LogP contribution in [0.3, 0.4) is 0 Å². The molecule has 1 heterocycles. The molecule has 4 nitrogen and oxygen atoms in total. The van der Waals surface area contributed by atoms with Crippen molar-refractivity contribution < 1.29 is 27.1 Å². The van der Waals surface area contributed by atoms with E-state index in [1.54, 1.807) is 12.1 Å². The number of alkyl halides is 3. The smallest absolute Gasteiger partial charge is 0.406 e. The number of hydrogen-bond acceptors (Lipinski definition) is 3. The predicted molar refractivity (Wildman–Crippen MR) is 97.6 cm³/mol. The van der Waals surface area contributed by atoms with Crippen LogP contribution in [0.15, 0.2) is 48.5 Å². The number of halogens is 4. The van der Waals surface area contributed by atoms with E-state index in [1.165, 1.54) is 18.2 Å². The minimum Gasteiger partial charge on any atom is -0.406 e. The van der Waals surface area contributed by atoms with Crippen molar-refractivity contribution in [3.63, 3.8) is 0 Å². The third kappa shape index (κ3) is 4.70. The van der Waals surface area contributed by atoms with Crippen molar-refractivity contribution in [3.8, 4) is 5.75 Å². The number of ether oxygens (including phenoxy) is 1. The fourth-order valence-corrected chi connectivity index (χ4v) is 4.18. The maximum atomic E-state index is 13.8. The van der Waals surface area contributed by atoms with E-state index < -0.39 is 18.0 Å². The Bertz CT molecular complexity index is 890. The van der Waals surface area contributed by atoms with Crippen LogP contribution < -0.4 is 10.1 Å². The van der Waals surface area contributed by atoms with Gasteiger partial charge in [0.15, 0.2) is 0 Å². The molecule has 2 aromatic rings. The van der Waals surface area contributed by atoms with Crippen molar-refractivity contribution >= 4 is 5.91 Å². The van der Waals surface area contributed by atoms with E-state index in [2.05, 4.69) is 15.0 Å². The lowest BCUT2D eigenvalue weighted by Gasteiger charge is -2.20. The second-order valence-electron chi connectivity index (χ2n) is 7.56. The van der Waals surface area contributed by atoms with Gasteiger partial charge in [0, 0.05) is 37.3 Å². The number of likely N-dealkylation sites (tertiary alicyclic amines) is 1. The highest BCUT2D eigenvalue weighted by molar-refractivity contribution is 5.94. The van der Waals surface area contributed by atoms with Gasteiger partial charge < -0.3 is 10.1 Å². The maximum Gasteiger partial charge on any atom is 0.573 e. The van der Waals surface area contributed by atoms with Gasteiger partial charge in [-0.15, -0.1) is 13.2 Å². The molecule has 0 aromatic heterocycles. The summed E-state index contributed by atoms with van der Waals surface area (Å²) in [5, 5.41) is 2.80. The molecular formula is C21H20F4N2O2. The molecule has 1 saturated carbocycles. The van der Waals surface area contributed by atoms with E-state index in [0.29, 0.717) is 36.4 Å². The van der Waals surface area contributed by atoms with E-state index in [4.69, 9.17) is 0 Å². The number of rotatable bonds is 6. The number of benzene rings is 2. The van der Waals surface area contributed by atoms with Crippen molar-refractivity contribution in [1.82, 2.24) is 10.2 Å². The number of carbonyl (C=O) groups is 1. The standard InChI is InChI=1S/C21H20F4N2O2/c22-19-7-2-1-4-14(19)10-27-11-17-16(18(17)12-27)9-26-20(28)13-5-3-6-15(8-13)29-21(23,24)25/h1-8,16-18H,9-12H2,(H,26,28). The Morgan fingerprint density at radius 3 is 2.52 bits per heavy atom. The Hall–Kier alpha value is -2.61. The fourth-order valence-electron chi connectivity index (χ4n) is 4.18. The number of nitrogens with zero attached hydrogens (tertiary/aromatic N) is 1. The Balaban J connectivity index is 1.24. The normalized spacial score (nSPS) is 23.5. The average molecular weight is 408 g/mol. The molecule has 2 unspecified atom stereocenters. The lowest BCUT2D eigenvalue weighted by Crippen LogP contribution is -2.30. The Morgan fingerprint density at radius 1 is 1.10 bits per heavy atom. The van der Waals surface area contributed by atoms with Crippen LogP contribution >= 0.6 is 0 Å². The first-order valence-corrected chi connectivity index (χ1v) is 9.40. The quantitative estimate of drug-likeness (QED) is 0.739. The zero-order chi connectivity index (χ0) is 20.6. The van der Waals surface area contributed by atoms with Crippen LogP contribution in [0.1, 0.15) is 15.9 Å². The number of piperidine rings is 1. The van der Waals surface area contributed by atoms with Gasteiger partial charge in [0.05, 0.1) is 0 Å². The van der Waals surface area contributed by atoms with Crippen molar-refractivity contribution in [2.45, 2.75) is 12.9 Å². The number of carbonyl (C=O) groups excluding carboxylic acids is 1. The largest absolute Gasteiger partial charge is 0.573 e. The van der Waals surface area contributed by atoms with Gasteiger partial charge in [-0.2, -0.15) is 0 Å². The monoisotopic (exact) mass is 408 g/mol. The van der Waals surface area contributed by atoms with Crippen molar-refractivity contribution in [2.24, 2.45) is 17.8 Å². The molecule has 1 amide bonds. The molecule has 1 aliphatic carbocycles. The van der Waals surface area contributed by atoms with Gasteiger partial charge in [-0.25, -0.2) is 4.39 Å². The van der Waals surface area contributed by atoms with E-state index in [1.807, 2.05) is 6.07 Å². The zero-order valence-electron chi connectivity index (χ0n) is 15.5. The summed E-state index contributed by atoms with van der Waals surface area (Å²) in [6.45, 7) is 2.76.